The van der Waals surface area contributed by atoms with Gasteiger partial charge in [0.25, 0.3) is 0 Å². The molecule has 0 saturated carbocycles. The summed E-state index contributed by atoms with van der Waals surface area (Å²) in [6.07, 6.45) is 37.0. The van der Waals surface area contributed by atoms with Crippen LogP contribution in [0.2, 0.25) is 0 Å². The first-order chi connectivity index (χ1) is 21.5. The van der Waals surface area contributed by atoms with Crippen LogP contribution in [0.4, 0.5) is 0 Å². The predicted octanol–water partition coefficient (Wildman–Crippen LogP) is 9.60. The molecule has 0 aliphatic carbocycles. The monoisotopic (exact) mass is 626 g/mol. The third kappa shape index (κ3) is 40.4. The first kappa shape index (κ1) is 44.5. The summed E-state index contributed by atoms with van der Waals surface area (Å²) in [5.41, 5.74) is 5.41. The van der Waals surface area contributed by atoms with Crippen molar-refractivity contribution < 1.29 is 19.5 Å². The number of nitrogens with two attached hydrogens (primary N) is 1. The molecule has 0 aromatic rings. The van der Waals surface area contributed by atoms with E-state index in [0.717, 1.165) is 45.1 Å². The van der Waals surface area contributed by atoms with Crippen molar-refractivity contribution in [3.8, 4) is 0 Å². The van der Waals surface area contributed by atoms with Crippen molar-refractivity contribution in [3.63, 3.8) is 0 Å². The summed E-state index contributed by atoms with van der Waals surface area (Å²) in [5.74, 6) is -0.852. The number of hydrogen-bond donors (Lipinski definition) is 4. The highest BCUT2D eigenvalue weighted by molar-refractivity contribution is 5.75. The smallest absolute Gasteiger partial charge is 0.320 e. The molecule has 0 unspecified atom stereocenters. The number of rotatable bonds is 34. The molecule has 1 atom stereocenters. The van der Waals surface area contributed by atoms with Gasteiger partial charge in [0.2, 0.25) is 12.3 Å². The Balaban J connectivity index is 0. The van der Waals surface area contributed by atoms with E-state index >= 15 is 0 Å². The standard InChI is InChI=1S/C19H39NO.C18H36N2O3/c1-2-3-4-5-6-7-8-9-10-11-12-13-14-15-16-17-18-20-19-21;1-2-3-4-5-6-7-8-9-10-14-17(21)20-15-12-11-13-16(19)18(22)23/h19H,2-18H2,1H3,(H,20,21);16H,2-15,19H2,1H3,(H,20,21)(H,22,23)/t;16-/m.0/s1. The minimum atomic E-state index is -0.959. The Kier molecular flexibility index (Phi) is 39.8. The van der Waals surface area contributed by atoms with Gasteiger partial charge in [0, 0.05) is 19.5 Å². The number of amides is 2. The lowest BCUT2D eigenvalue weighted by molar-refractivity contribution is -0.138. The molecule has 0 aromatic carbocycles. The Morgan fingerprint density at radius 3 is 1.32 bits per heavy atom. The van der Waals surface area contributed by atoms with Crippen molar-refractivity contribution in [2.75, 3.05) is 13.1 Å². The largest absolute Gasteiger partial charge is 0.480 e. The predicted molar refractivity (Wildman–Crippen MR) is 188 cm³/mol. The molecule has 44 heavy (non-hydrogen) atoms. The molecular formula is C37H75N3O4. The highest BCUT2D eigenvalue weighted by Crippen LogP contribution is 2.14. The van der Waals surface area contributed by atoms with Crippen molar-refractivity contribution in [2.45, 2.75) is 206 Å². The molecule has 0 radical (unpaired) electrons. The fraction of sp³-hybridized carbons (Fsp3) is 0.919. The van der Waals surface area contributed by atoms with Crippen LogP contribution in [0.5, 0.6) is 0 Å². The molecule has 0 rings (SSSR count). The third-order valence-corrected chi connectivity index (χ3v) is 8.35. The molecule has 0 fully saturated rings. The van der Waals surface area contributed by atoms with Gasteiger partial charge in [0.1, 0.15) is 6.04 Å². The lowest BCUT2D eigenvalue weighted by Crippen LogP contribution is -2.30. The normalized spacial score (nSPS) is 11.4. The van der Waals surface area contributed by atoms with Gasteiger partial charge >= 0.3 is 5.97 Å². The highest BCUT2D eigenvalue weighted by atomic mass is 16.4. The van der Waals surface area contributed by atoms with Crippen LogP contribution in [-0.4, -0.2) is 42.5 Å². The molecule has 0 aliphatic heterocycles. The van der Waals surface area contributed by atoms with E-state index in [9.17, 15) is 14.4 Å². The molecule has 2 amide bonds. The quantitative estimate of drug-likeness (QED) is 0.0419. The van der Waals surface area contributed by atoms with Crippen LogP contribution in [0, 0.1) is 0 Å². The minimum absolute atomic E-state index is 0.107. The van der Waals surface area contributed by atoms with Crippen molar-refractivity contribution in [2.24, 2.45) is 5.73 Å². The summed E-state index contributed by atoms with van der Waals surface area (Å²) < 4.78 is 0. The second-order valence-corrected chi connectivity index (χ2v) is 12.7. The first-order valence-corrected chi connectivity index (χ1v) is 18.9. The molecule has 262 valence electrons. The number of carbonyl (C=O) groups is 3. The SMILES string of the molecule is CCCCCCCCCCCC(=O)NCCCC[C@H](N)C(=O)O.CCCCCCCCCCCCCCCCCCNC=O. The van der Waals surface area contributed by atoms with Crippen LogP contribution in [-0.2, 0) is 14.4 Å². The van der Waals surface area contributed by atoms with Crippen LogP contribution in [0.25, 0.3) is 0 Å². The maximum Gasteiger partial charge on any atom is 0.320 e. The van der Waals surface area contributed by atoms with Gasteiger partial charge in [-0.2, -0.15) is 0 Å². The van der Waals surface area contributed by atoms with Gasteiger partial charge in [-0.05, 0) is 32.1 Å². The number of hydrogen-bond acceptors (Lipinski definition) is 4. The maximum atomic E-state index is 11.6. The number of nitrogens with one attached hydrogen (secondary N) is 2. The van der Waals surface area contributed by atoms with Crippen LogP contribution >= 0.6 is 0 Å². The van der Waals surface area contributed by atoms with E-state index in [-0.39, 0.29) is 5.91 Å². The van der Waals surface area contributed by atoms with Crippen LogP contribution < -0.4 is 16.4 Å². The summed E-state index contributed by atoms with van der Waals surface area (Å²) in [4.78, 5) is 32.2. The van der Waals surface area contributed by atoms with E-state index in [4.69, 9.17) is 10.8 Å². The third-order valence-electron chi connectivity index (χ3n) is 8.35. The van der Waals surface area contributed by atoms with E-state index in [1.165, 1.54) is 141 Å². The molecule has 0 bridgehead atoms. The fourth-order valence-electron chi connectivity index (χ4n) is 5.36. The fourth-order valence-corrected chi connectivity index (χ4v) is 5.36. The second-order valence-electron chi connectivity index (χ2n) is 12.7. The Morgan fingerprint density at radius 1 is 0.568 bits per heavy atom. The van der Waals surface area contributed by atoms with Crippen molar-refractivity contribution in [1.82, 2.24) is 10.6 Å². The Labute approximate surface area is 273 Å². The Morgan fingerprint density at radius 2 is 0.932 bits per heavy atom. The van der Waals surface area contributed by atoms with Crippen LogP contribution in [0.1, 0.15) is 200 Å². The average molecular weight is 626 g/mol. The molecular weight excluding hydrogens is 550 g/mol. The summed E-state index contributed by atoms with van der Waals surface area (Å²) in [6.45, 7) is 5.98. The molecule has 7 nitrogen and oxygen atoms in total. The van der Waals surface area contributed by atoms with Crippen LogP contribution in [0.3, 0.4) is 0 Å². The second kappa shape index (κ2) is 39.4. The van der Waals surface area contributed by atoms with Gasteiger partial charge in [-0.15, -0.1) is 0 Å². The molecule has 0 saturated heterocycles. The number of aliphatic carboxylic acids is 1. The summed E-state index contributed by atoms with van der Waals surface area (Å²) in [7, 11) is 0. The number of carbonyl (C=O) groups excluding carboxylic acids is 2. The molecule has 7 heteroatoms. The van der Waals surface area contributed by atoms with Gasteiger partial charge in [-0.3, -0.25) is 14.4 Å². The summed E-state index contributed by atoms with van der Waals surface area (Å²) in [6, 6.07) is -0.785. The van der Waals surface area contributed by atoms with Crippen molar-refractivity contribution >= 4 is 18.3 Å². The molecule has 0 aliphatic rings. The topological polar surface area (TPSA) is 122 Å². The molecule has 0 aromatic heterocycles. The van der Waals surface area contributed by atoms with E-state index in [1.807, 2.05) is 0 Å². The zero-order valence-electron chi connectivity index (χ0n) is 29.3. The van der Waals surface area contributed by atoms with E-state index in [2.05, 4.69) is 24.5 Å². The number of carboxylic acid groups (broad SMARTS) is 1. The molecule has 5 N–H and O–H groups in total. The van der Waals surface area contributed by atoms with Crippen molar-refractivity contribution in [1.29, 1.82) is 0 Å². The van der Waals surface area contributed by atoms with E-state index in [1.54, 1.807) is 0 Å². The minimum Gasteiger partial charge on any atom is -0.480 e. The molecule has 0 spiro atoms. The summed E-state index contributed by atoms with van der Waals surface area (Å²) in [5, 5.41) is 14.2. The van der Waals surface area contributed by atoms with E-state index < -0.39 is 12.0 Å². The highest BCUT2D eigenvalue weighted by Gasteiger charge is 2.10. The van der Waals surface area contributed by atoms with Gasteiger partial charge in [0.15, 0.2) is 0 Å². The number of unbranched alkanes of at least 4 members (excludes halogenated alkanes) is 24. The Bertz CT molecular complexity index is 603. The van der Waals surface area contributed by atoms with Gasteiger partial charge in [-0.25, -0.2) is 0 Å². The zero-order chi connectivity index (χ0) is 32.8. The first-order valence-electron chi connectivity index (χ1n) is 18.9. The van der Waals surface area contributed by atoms with Gasteiger partial charge < -0.3 is 21.5 Å². The lowest BCUT2D eigenvalue weighted by Gasteiger charge is -2.07. The van der Waals surface area contributed by atoms with Gasteiger partial charge in [-0.1, -0.05) is 162 Å². The van der Waals surface area contributed by atoms with Crippen molar-refractivity contribution in [3.05, 3.63) is 0 Å². The maximum absolute atomic E-state index is 11.6. The van der Waals surface area contributed by atoms with E-state index in [0.29, 0.717) is 19.4 Å². The lowest BCUT2D eigenvalue weighted by atomic mass is 10.0. The zero-order valence-corrected chi connectivity index (χ0v) is 29.3. The molecule has 0 heterocycles. The van der Waals surface area contributed by atoms with Crippen LogP contribution in [0.15, 0.2) is 0 Å². The average Bonchev–Trinajstić information content (AvgIpc) is 3.01. The summed E-state index contributed by atoms with van der Waals surface area (Å²) >= 11 is 0. The number of carboxylic acids is 1. The Hall–Kier alpha value is -1.63. The van der Waals surface area contributed by atoms with Gasteiger partial charge in [0.05, 0.1) is 0 Å².